The number of hydrogen-bond acceptors (Lipinski definition) is 8. The fraction of sp³-hybridized carbons (Fsp3) is 0.125. The van der Waals surface area contributed by atoms with E-state index in [0.717, 1.165) is 22.0 Å². The van der Waals surface area contributed by atoms with Gasteiger partial charge in [0, 0.05) is 5.56 Å². The minimum atomic E-state index is -0.157. The average molecular weight is 356 g/mol. The Kier molecular flexibility index (Phi) is 3.96. The van der Waals surface area contributed by atoms with E-state index in [1.165, 1.54) is 11.8 Å². The van der Waals surface area contributed by atoms with Crippen molar-refractivity contribution in [2.24, 2.45) is 0 Å². The lowest BCUT2D eigenvalue weighted by atomic mass is 10.2. The minimum Gasteiger partial charge on any atom is -0.733 e. The second-order valence-electron chi connectivity index (χ2n) is 5.36. The predicted molar refractivity (Wildman–Crippen MR) is 94.0 cm³/mol. The summed E-state index contributed by atoms with van der Waals surface area (Å²) in [5.41, 5.74) is 5.41. The van der Waals surface area contributed by atoms with Crippen LogP contribution < -0.4 is 15.4 Å². The van der Waals surface area contributed by atoms with Gasteiger partial charge in [0.2, 0.25) is 5.16 Å². The van der Waals surface area contributed by atoms with Crippen LogP contribution in [0, 0.1) is 5.21 Å². The number of hydrogen-bond donors (Lipinski definition) is 2. The molecule has 2 heterocycles. The zero-order valence-corrected chi connectivity index (χ0v) is 14.0. The molecule has 25 heavy (non-hydrogen) atoms. The predicted octanol–water partition coefficient (Wildman–Crippen LogP) is 3.00. The van der Waals surface area contributed by atoms with Crippen molar-refractivity contribution >= 4 is 17.4 Å². The summed E-state index contributed by atoms with van der Waals surface area (Å²) in [6.45, 7) is 0. The van der Waals surface area contributed by atoms with E-state index in [9.17, 15) is 5.21 Å². The van der Waals surface area contributed by atoms with Gasteiger partial charge in [0.1, 0.15) is 11.1 Å². The van der Waals surface area contributed by atoms with Gasteiger partial charge in [-0.25, -0.2) is 4.68 Å². The van der Waals surface area contributed by atoms with Crippen molar-refractivity contribution in [3.05, 3.63) is 59.3 Å². The molecular weight excluding hydrogens is 342 g/mol. The average Bonchev–Trinajstić information content (AvgIpc) is 3.22. The largest absolute Gasteiger partial charge is 0.733 e. The molecule has 1 aliphatic rings. The number of fused-ring (bicyclic) bond motifs is 1. The van der Waals surface area contributed by atoms with Gasteiger partial charge < -0.3 is 20.6 Å². The number of aromatic nitrogens is 3. The molecule has 0 amide bonds. The Labute approximate surface area is 147 Å². The normalized spacial score (nSPS) is 15.6. The van der Waals surface area contributed by atoms with E-state index < -0.39 is 0 Å². The van der Waals surface area contributed by atoms with Crippen LogP contribution in [0.1, 0.15) is 10.9 Å². The van der Waals surface area contributed by atoms with Gasteiger partial charge in [-0.05, 0) is 42.0 Å². The first-order valence-corrected chi connectivity index (χ1v) is 8.33. The van der Waals surface area contributed by atoms with Crippen LogP contribution in [-0.2, 0) is 0 Å². The van der Waals surface area contributed by atoms with Gasteiger partial charge in [-0.2, -0.15) is 0 Å². The maximum absolute atomic E-state index is 10.9. The van der Waals surface area contributed by atoms with E-state index >= 15 is 0 Å². The number of thioether (sulfide) groups is 1. The molecule has 3 aromatic rings. The van der Waals surface area contributed by atoms with Gasteiger partial charge >= 0.3 is 0 Å². The fourth-order valence-corrected chi connectivity index (χ4v) is 3.55. The molecule has 0 unspecified atom stereocenters. The van der Waals surface area contributed by atoms with Gasteiger partial charge in [0.25, 0.3) is 0 Å². The van der Waals surface area contributed by atoms with Crippen LogP contribution in [0.3, 0.4) is 0 Å². The molecule has 4 rings (SSSR count). The third kappa shape index (κ3) is 2.88. The fourth-order valence-electron chi connectivity index (χ4n) is 2.56. The van der Waals surface area contributed by atoms with Crippen molar-refractivity contribution in [2.45, 2.75) is 10.5 Å². The van der Waals surface area contributed by atoms with Gasteiger partial charge in [0.15, 0.2) is 5.82 Å². The molecule has 2 N–H and O–H groups in total. The summed E-state index contributed by atoms with van der Waals surface area (Å²) in [7, 11) is 1.63. The maximum atomic E-state index is 10.9. The van der Waals surface area contributed by atoms with Gasteiger partial charge in [0.05, 0.1) is 12.8 Å². The van der Waals surface area contributed by atoms with E-state index in [2.05, 4.69) is 15.6 Å². The number of nitrogens with zero attached hydrogens (tertiary/aromatic N) is 4. The van der Waals surface area contributed by atoms with Crippen LogP contribution in [0.15, 0.2) is 53.7 Å². The lowest BCUT2D eigenvalue weighted by Crippen LogP contribution is -2.14. The van der Waals surface area contributed by atoms with Crippen LogP contribution in [0.4, 0.5) is 5.69 Å². The van der Waals surface area contributed by atoms with E-state index in [1.54, 1.807) is 31.4 Å². The van der Waals surface area contributed by atoms with Gasteiger partial charge in [-0.3, -0.25) is 5.21 Å². The smallest absolute Gasteiger partial charge is 0.212 e. The van der Waals surface area contributed by atoms with Crippen molar-refractivity contribution < 1.29 is 9.94 Å². The summed E-state index contributed by atoms with van der Waals surface area (Å²) in [5.74, 6) is 1.49. The number of anilines is 1. The summed E-state index contributed by atoms with van der Waals surface area (Å²) in [6.07, 6.45) is 0. The van der Waals surface area contributed by atoms with E-state index in [4.69, 9.17) is 9.94 Å². The van der Waals surface area contributed by atoms with Crippen LogP contribution in [0.5, 0.6) is 5.75 Å². The zero-order valence-electron chi connectivity index (χ0n) is 13.2. The van der Waals surface area contributed by atoms with Crippen LogP contribution >= 0.6 is 11.8 Å². The Morgan fingerprint density at radius 1 is 1.16 bits per heavy atom. The number of rotatable bonds is 4. The molecule has 0 saturated heterocycles. The molecule has 0 spiro atoms. The molecule has 8 nitrogen and oxygen atoms in total. The summed E-state index contributed by atoms with van der Waals surface area (Å²) < 4.78 is 7.02. The number of methoxy groups -OCH3 is 1. The molecule has 1 aromatic heterocycles. The van der Waals surface area contributed by atoms with E-state index in [0.29, 0.717) is 5.82 Å². The molecule has 128 valence electrons. The number of nitrogens with one attached hydrogen (secondary N) is 1. The highest BCUT2D eigenvalue weighted by molar-refractivity contribution is 7.99. The van der Waals surface area contributed by atoms with Crippen LogP contribution in [0.2, 0.25) is 0 Å². The highest BCUT2D eigenvalue weighted by atomic mass is 32.2. The molecular formula is C16H14N5O3S-. The van der Waals surface area contributed by atoms with Crippen molar-refractivity contribution in [2.75, 3.05) is 17.8 Å². The zero-order chi connectivity index (χ0) is 17.4. The number of ether oxygens (including phenoxy) is 1. The first-order valence-electron chi connectivity index (χ1n) is 7.45. The molecule has 1 atom stereocenters. The Morgan fingerprint density at radius 2 is 1.88 bits per heavy atom. The van der Waals surface area contributed by atoms with Gasteiger partial charge in [-0.1, -0.05) is 23.9 Å². The molecule has 0 saturated carbocycles. The number of benzene rings is 2. The SMILES string of the molecule is COc1ccc(-c2nnc3n2N[C@@H](c2ccc(N([O-])O)cc2)S3)cc1. The summed E-state index contributed by atoms with van der Waals surface area (Å²) in [6, 6.07) is 14.3. The lowest BCUT2D eigenvalue weighted by Gasteiger charge is -2.22. The Hall–Kier alpha value is -2.75. The molecule has 1 aliphatic heterocycles. The molecule has 0 bridgehead atoms. The van der Waals surface area contributed by atoms with Crippen molar-refractivity contribution in [3.8, 4) is 17.1 Å². The first-order chi connectivity index (χ1) is 12.2. The summed E-state index contributed by atoms with van der Waals surface area (Å²) in [5, 5.41) is 28.8. The Bertz CT molecular complexity index is 880. The van der Waals surface area contributed by atoms with E-state index in [-0.39, 0.29) is 16.3 Å². The Morgan fingerprint density at radius 3 is 2.52 bits per heavy atom. The molecule has 2 aromatic carbocycles. The third-order valence-corrected chi connectivity index (χ3v) is 4.96. The highest BCUT2D eigenvalue weighted by Crippen LogP contribution is 2.40. The van der Waals surface area contributed by atoms with Crippen molar-refractivity contribution in [1.29, 1.82) is 0 Å². The molecule has 0 fully saturated rings. The van der Waals surface area contributed by atoms with Crippen LogP contribution in [0.25, 0.3) is 11.4 Å². The Balaban J connectivity index is 1.57. The maximum Gasteiger partial charge on any atom is 0.212 e. The topological polar surface area (TPSA) is 98.5 Å². The highest BCUT2D eigenvalue weighted by Gasteiger charge is 2.28. The van der Waals surface area contributed by atoms with Crippen molar-refractivity contribution in [1.82, 2.24) is 14.9 Å². The minimum absolute atomic E-state index is 0.0599. The molecule has 0 radical (unpaired) electrons. The summed E-state index contributed by atoms with van der Waals surface area (Å²) in [4.78, 5) is 0. The monoisotopic (exact) mass is 356 g/mol. The second-order valence-corrected chi connectivity index (χ2v) is 6.43. The standard InChI is InChI=1S/C16H14N5O3S/c1-24-13-8-4-10(5-9-13)14-17-18-16-20(14)19-15(25-16)11-2-6-12(7-3-11)21(22)23/h2-9,15,19,22H,1H3/q-1/t15-/m1/s1. The third-order valence-electron chi connectivity index (χ3n) is 3.87. The van der Waals surface area contributed by atoms with E-state index in [1.807, 2.05) is 28.9 Å². The second kappa shape index (κ2) is 6.28. The van der Waals surface area contributed by atoms with Crippen molar-refractivity contribution in [3.63, 3.8) is 0 Å². The summed E-state index contributed by atoms with van der Waals surface area (Å²) >= 11 is 1.53. The molecule has 0 aliphatic carbocycles. The molecule has 9 heteroatoms. The lowest BCUT2D eigenvalue weighted by molar-refractivity contribution is 0.296. The quantitative estimate of drug-likeness (QED) is 0.689. The van der Waals surface area contributed by atoms with Crippen LogP contribution in [-0.4, -0.2) is 27.2 Å². The first kappa shape index (κ1) is 15.8. The van der Waals surface area contributed by atoms with Gasteiger partial charge in [-0.15, -0.1) is 10.2 Å².